The summed E-state index contributed by atoms with van der Waals surface area (Å²) in [5.74, 6) is 2.31. The third-order valence-corrected chi connectivity index (χ3v) is 4.64. The third kappa shape index (κ3) is 3.93. The zero-order valence-corrected chi connectivity index (χ0v) is 16.6. The lowest BCUT2D eigenvalue weighted by Crippen LogP contribution is -1.97. The summed E-state index contributed by atoms with van der Waals surface area (Å²) >= 11 is 0. The lowest BCUT2D eigenvalue weighted by molar-refractivity contribution is 0.414. The predicted octanol–water partition coefficient (Wildman–Crippen LogP) is 4.69. The normalized spacial score (nSPS) is 10.9. The van der Waals surface area contributed by atoms with Crippen molar-refractivity contribution in [3.8, 4) is 28.6 Å². The van der Waals surface area contributed by atoms with Gasteiger partial charge in [-0.25, -0.2) is 15.0 Å². The van der Waals surface area contributed by atoms with Gasteiger partial charge in [0.1, 0.15) is 23.0 Å². The highest BCUT2D eigenvalue weighted by molar-refractivity contribution is 5.75. The molecular formula is C24H17N5O2. The SMILES string of the molecule is COc1ccncc1-c1nccnc1Oc1ccc([C]c2nc3ccccc3[nH]2)cc1. The van der Waals surface area contributed by atoms with E-state index in [-0.39, 0.29) is 0 Å². The van der Waals surface area contributed by atoms with E-state index in [0.717, 1.165) is 16.6 Å². The van der Waals surface area contributed by atoms with Crippen LogP contribution in [0.4, 0.5) is 0 Å². The molecule has 0 unspecified atom stereocenters. The Kier molecular flexibility index (Phi) is 4.98. The standard InChI is InChI=1S/C24H17N5O2/c1-30-21-10-11-25-15-18(21)23-24(27-13-12-26-23)31-17-8-6-16(7-9-17)14-22-28-19-4-2-3-5-20(19)29-22/h2-13,15H,1H3,(H,28,29). The van der Waals surface area contributed by atoms with Crippen LogP contribution in [0.1, 0.15) is 11.4 Å². The topological polar surface area (TPSA) is 85.8 Å². The Balaban J connectivity index is 1.37. The summed E-state index contributed by atoms with van der Waals surface area (Å²) in [6.07, 6.45) is 9.79. The summed E-state index contributed by atoms with van der Waals surface area (Å²) in [5.41, 5.74) is 4.02. The molecule has 0 amide bonds. The molecule has 0 aliphatic heterocycles. The van der Waals surface area contributed by atoms with Crippen LogP contribution in [-0.4, -0.2) is 32.0 Å². The number of hydrogen-bond acceptors (Lipinski definition) is 6. The van der Waals surface area contributed by atoms with Crippen LogP contribution in [0.2, 0.25) is 0 Å². The first kappa shape index (κ1) is 18.7. The van der Waals surface area contributed by atoms with E-state index >= 15 is 0 Å². The number of fused-ring (bicyclic) bond motifs is 1. The predicted molar refractivity (Wildman–Crippen MR) is 116 cm³/mol. The van der Waals surface area contributed by atoms with Crippen LogP contribution in [0.15, 0.2) is 79.4 Å². The number of benzene rings is 2. The van der Waals surface area contributed by atoms with Gasteiger partial charge in [0.25, 0.3) is 0 Å². The molecule has 2 aromatic carbocycles. The number of nitrogens with zero attached hydrogens (tertiary/aromatic N) is 4. The molecule has 0 aliphatic rings. The largest absolute Gasteiger partial charge is 0.496 e. The van der Waals surface area contributed by atoms with Crippen molar-refractivity contribution in [1.29, 1.82) is 0 Å². The van der Waals surface area contributed by atoms with Crippen molar-refractivity contribution in [1.82, 2.24) is 24.9 Å². The lowest BCUT2D eigenvalue weighted by Gasteiger charge is -2.11. The van der Waals surface area contributed by atoms with E-state index in [0.29, 0.717) is 34.5 Å². The summed E-state index contributed by atoms with van der Waals surface area (Å²) in [7, 11) is 1.60. The Hall–Kier alpha value is -4.26. The Morgan fingerprint density at radius 1 is 0.903 bits per heavy atom. The van der Waals surface area contributed by atoms with Gasteiger partial charge in [-0.15, -0.1) is 0 Å². The monoisotopic (exact) mass is 407 g/mol. The summed E-state index contributed by atoms with van der Waals surface area (Å²) in [5, 5.41) is 0. The number of aromatic amines is 1. The fraction of sp³-hybridized carbons (Fsp3) is 0.0417. The molecule has 150 valence electrons. The van der Waals surface area contributed by atoms with E-state index in [9.17, 15) is 0 Å². The first-order valence-electron chi connectivity index (χ1n) is 9.59. The van der Waals surface area contributed by atoms with Gasteiger partial charge < -0.3 is 14.5 Å². The van der Waals surface area contributed by atoms with Gasteiger partial charge in [-0.2, -0.15) is 0 Å². The molecule has 3 aromatic heterocycles. The van der Waals surface area contributed by atoms with E-state index in [4.69, 9.17) is 9.47 Å². The minimum absolute atomic E-state index is 0.367. The van der Waals surface area contributed by atoms with Gasteiger partial charge in [-0.3, -0.25) is 4.98 Å². The van der Waals surface area contributed by atoms with E-state index in [1.807, 2.05) is 48.5 Å². The molecular weight excluding hydrogens is 390 g/mol. The van der Waals surface area contributed by atoms with Crippen LogP contribution >= 0.6 is 0 Å². The van der Waals surface area contributed by atoms with Crippen molar-refractivity contribution >= 4 is 11.0 Å². The van der Waals surface area contributed by atoms with Gasteiger partial charge in [-0.1, -0.05) is 24.3 Å². The third-order valence-electron chi connectivity index (χ3n) is 4.64. The van der Waals surface area contributed by atoms with Gasteiger partial charge in [-0.05, 0) is 35.9 Å². The van der Waals surface area contributed by atoms with E-state index < -0.39 is 0 Å². The maximum atomic E-state index is 6.01. The molecule has 5 aromatic rings. The van der Waals surface area contributed by atoms with Crippen LogP contribution in [0.25, 0.3) is 22.3 Å². The van der Waals surface area contributed by atoms with Crippen molar-refractivity contribution in [3.05, 3.63) is 97.2 Å². The molecule has 7 heteroatoms. The zero-order valence-electron chi connectivity index (χ0n) is 16.6. The minimum atomic E-state index is 0.367. The first-order chi connectivity index (χ1) is 15.3. The number of ether oxygens (including phenoxy) is 2. The molecule has 3 heterocycles. The van der Waals surface area contributed by atoms with Crippen molar-refractivity contribution in [2.75, 3.05) is 7.11 Å². The van der Waals surface area contributed by atoms with Crippen molar-refractivity contribution in [2.24, 2.45) is 0 Å². The zero-order chi connectivity index (χ0) is 21.0. The Bertz CT molecular complexity index is 1300. The Labute approximate surface area is 178 Å². The minimum Gasteiger partial charge on any atom is -0.496 e. The highest BCUT2D eigenvalue weighted by Gasteiger charge is 2.15. The van der Waals surface area contributed by atoms with Gasteiger partial charge in [0.15, 0.2) is 0 Å². The van der Waals surface area contributed by atoms with E-state index in [1.54, 1.807) is 38.0 Å². The number of para-hydroxylation sites is 2. The summed E-state index contributed by atoms with van der Waals surface area (Å²) < 4.78 is 11.4. The molecule has 31 heavy (non-hydrogen) atoms. The van der Waals surface area contributed by atoms with Crippen LogP contribution in [0.3, 0.4) is 0 Å². The molecule has 0 spiro atoms. The molecule has 0 atom stereocenters. The number of hydrogen-bond donors (Lipinski definition) is 1. The number of methoxy groups -OCH3 is 1. The number of aromatic nitrogens is 5. The molecule has 5 rings (SSSR count). The summed E-state index contributed by atoms with van der Waals surface area (Å²) in [6.45, 7) is 0. The van der Waals surface area contributed by atoms with Crippen LogP contribution < -0.4 is 9.47 Å². The molecule has 0 aliphatic carbocycles. The van der Waals surface area contributed by atoms with E-state index in [2.05, 4.69) is 31.3 Å². The lowest BCUT2D eigenvalue weighted by atomic mass is 10.1. The number of rotatable bonds is 6. The van der Waals surface area contributed by atoms with Crippen molar-refractivity contribution in [3.63, 3.8) is 0 Å². The second kappa shape index (κ2) is 8.23. The molecule has 2 radical (unpaired) electrons. The second-order valence-electron chi connectivity index (χ2n) is 6.64. The van der Waals surface area contributed by atoms with Crippen LogP contribution in [-0.2, 0) is 0 Å². The fourth-order valence-corrected chi connectivity index (χ4v) is 3.19. The van der Waals surface area contributed by atoms with Gasteiger partial charge >= 0.3 is 0 Å². The molecule has 7 nitrogen and oxygen atoms in total. The average Bonchev–Trinajstić information content (AvgIpc) is 3.23. The van der Waals surface area contributed by atoms with Crippen LogP contribution in [0.5, 0.6) is 17.4 Å². The number of nitrogens with one attached hydrogen (secondary N) is 1. The van der Waals surface area contributed by atoms with Gasteiger partial charge in [0, 0.05) is 24.8 Å². The fourth-order valence-electron chi connectivity index (χ4n) is 3.19. The maximum Gasteiger partial charge on any atom is 0.246 e. The van der Waals surface area contributed by atoms with Crippen molar-refractivity contribution < 1.29 is 9.47 Å². The average molecular weight is 407 g/mol. The summed E-state index contributed by atoms with van der Waals surface area (Å²) in [4.78, 5) is 20.7. The summed E-state index contributed by atoms with van der Waals surface area (Å²) in [6, 6.07) is 17.2. The second-order valence-corrected chi connectivity index (χ2v) is 6.64. The molecule has 0 saturated heterocycles. The number of pyridine rings is 1. The van der Waals surface area contributed by atoms with Gasteiger partial charge in [0.05, 0.1) is 30.1 Å². The molecule has 1 N–H and O–H groups in total. The molecule has 0 fully saturated rings. The first-order valence-corrected chi connectivity index (χ1v) is 9.59. The van der Waals surface area contributed by atoms with Gasteiger partial charge in [0.2, 0.25) is 5.88 Å². The highest BCUT2D eigenvalue weighted by atomic mass is 16.5. The highest BCUT2D eigenvalue weighted by Crippen LogP contribution is 2.34. The quantitative estimate of drug-likeness (QED) is 0.439. The Morgan fingerprint density at radius 2 is 1.74 bits per heavy atom. The van der Waals surface area contributed by atoms with Crippen LogP contribution in [0, 0.1) is 6.42 Å². The molecule has 0 saturated carbocycles. The van der Waals surface area contributed by atoms with E-state index in [1.165, 1.54) is 0 Å². The Morgan fingerprint density at radius 3 is 2.58 bits per heavy atom. The maximum absolute atomic E-state index is 6.01. The van der Waals surface area contributed by atoms with Crippen molar-refractivity contribution in [2.45, 2.75) is 0 Å². The smallest absolute Gasteiger partial charge is 0.246 e. The number of H-pyrrole nitrogens is 1. The molecule has 0 bridgehead atoms. The number of imidazole rings is 1.